The number of halogens is 1. The lowest BCUT2D eigenvalue weighted by Gasteiger charge is -2.26. The zero-order valence-electron chi connectivity index (χ0n) is 20.6. The molecule has 35 heavy (non-hydrogen) atoms. The number of rotatable bonds is 11. The molecule has 1 fully saturated rings. The molecule has 1 amide bonds. The van der Waals surface area contributed by atoms with Crippen molar-refractivity contribution in [2.24, 2.45) is 0 Å². The maximum Gasteiger partial charge on any atom is 0.224 e. The number of carbonyl (C=O) groups is 1. The fourth-order valence-corrected chi connectivity index (χ4v) is 4.48. The fraction of sp³-hybridized carbons (Fsp3) is 0.429. The summed E-state index contributed by atoms with van der Waals surface area (Å²) < 4.78 is 27.5. The molecule has 0 unspecified atom stereocenters. The summed E-state index contributed by atoms with van der Waals surface area (Å²) in [5.74, 6) is 0.582. The zero-order chi connectivity index (χ0) is 24.6. The molecule has 3 aromatic rings. The van der Waals surface area contributed by atoms with E-state index in [2.05, 4.69) is 5.10 Å². The molecule has 1 aliphatic heterocycles. The van der Waals surface area contributed by atoms with E-state index in [-0.39, 0.29) is 17.8 Å². The third-order valence-electron chi connectivity index (χ3n) is 6.31. The highest BCUT2D eigenvalue weighted by Crippen LogP contribution is 2.19. The molecule has 186 valence electrons. The van der Waals surface area contributed by atoms with Crippen molar-refractivity contribution in [1.82, 2.24) is 14.7 Å². The number of ether oxygens (including phenoxy) is 2. The number of hydrogen-bond donors (Lipinski definition) is 0. The van der Waals surface area contributed by atoms with Gasteiger partial charge in [-0.05, 0) is 62.1 Å². The molecular formula is C28H34FN3O3. The summed E-state index contributed by atoms with van der Waals surface area (Å²) in [5.41, 5.74) is 3.64. The Morgan fingerprint density at radius 1 is 1.20 bits per heavy atom. The van der Waals surface area contributed by atoms with Crippen molar-refractivity contribution in [2.45, 2.75) is 58.7 Å². The van der Waals surface area contributed by atoms with Gasteiger partial charge >= 0.3 is 0 Å². The van der Waals surface area contributed by atoms with Gasteiger partial charge < -0.3 is 14.4 Å². The minimum Gasteiger partial charge on any atom is -0.493 e. The van der Waals surface area contributed by atoms with Crippen LogP contribution in [0.15, 0.2) is 54.6 Å². The molecule has 1 atom stereocenters. The molecule has 0 bridgehead atoms. The third kappa shape index (κ3) is 7.15. The molecule has 0 N–H and O–H groups in total. The van der Waals surface area contributed by atoms with Crippen LogP contribution in [0.3, 0.4) is 0 Å². The van der Waals surface area contributed by atoms with Crippen molar-refractivity contribution in [3.05, 3.63) is 82.9 Å². The number of nitrogens with zero attached hydrogens (tertiary/aromatic N) is 3. The summed E-state index contributed by atoms with van der Waals surface area (Å²) >= 11 is 0. The van der Waals surface area contributed by atoms with E-state index < -0.39 is 0 Å². The molecule has 0 aliphatic carbocycles. The van der Waals surface area contributed by atoms with Gasteiger partial charge in [0.05, 0.1) is 18.4 Å². The van der Waals surface area contributed by atoms with Gasteiger partial charge in [-0.15, -0.1) is 0 Å². The molecule has 1 aromatic heterocycles. The van der Waals surface area contributed by atoms with Crippen molar-refractivity contribution in [1.29, 1.82) is 0 Å². The summed E-state index contributed by atoms with van der Waals surface area (Å²) in [6.07, 6.45) is 2.96. The van der Waals surface area contributed by atoms with E-state index in [1.54, 1.807) is 12.1 Å². The molecule has 2 heterocycles. The summed E-state index contributed by atoms with van der Waals surface area (Å²) in [7, 11) is 0. The van der Waals surface area contributed by atoms with Crippen LogP contribution in [0, 0.1) is 19.7 Å². The van der Waals surface area contributed by atoms with Gasteiger partial charge in [0, 0.05) is 44.8 Å². The van der Waals surface area contributed by atoms with E-state index in [0.717, 1.165) is 36.4 Å². The molecule has 7 heteroatoms. The molecule has 2 aromatic carbocycles. The summed E-state index contributed by atoms with van der Waals surface area (Å²) in [6, 6.07) is 16.5. The number of hydrogen-bond acceptors (Lipinski definition) is 4. The van der Waals surface area contributed by atoms with E-state index >= 15 is 0 Å². The maximum atomic E-state index is 13.9. The lowest BCUT2D eigenvalue weighted by atomic mass is 10.1. The Balaban J connectivity index is 1.37. The summed E-state index contributed by atoms with van der Waals surface area (Å²) in [6.45, 7) is 6.72. The fourth-order valence-electron chi connectivity index (χ4n) is 4.48. The number of amides is 1. The van der Waals surface area contributed by atoms with Gasteiger partial charge in [-0.2, -0.15) is 5.10 Å². The van der Waals surface area contributed by atoms with E-state index in [1.165, 1.54) is 6.07 Å². The molecule has 0 radical (unpaired) electrons. The Labute approximate surface area is 206 Å². The summed E-state index contributed by atoms with van der Waals surface area (Å²) in [4.78, 5) is 15.1. The van der Waals surface area contributed by atoms with Crippen LogP contribution < -0.4 is 4.74 Å². The second-order valence-corrected chi connectivity index (χ2v) is 9.15. The van der Waals surface area contributed by atoms with Crippen molar-refractivity contribution in [3.63, 3.8) is 0 Å². The van der Waals surface area contributed by atoms with Gasteiger partial charge in [0.2, 0.25) is 5.91 Å². The zero-order valence-corrected chi connectivity index (χ0v) is 20.6. The molecule has 0 spiro atoms. The first kappa shape index (κ1) is 24.9. The first-order valence-corrected chi connectivity index (χ1v) is 12.3. The predicted octanol–water partition coefficient (Wildman–Crippen LogP) is 4.86. The first-order chi connectivity index (χ1) is 17.0. The first-order valence-electron chi connectivity index (χ1n) is 12.3. The largest absolute Gasteiger partial charge is 0.493 e. The maximum absolute atomic E-state index is 13.9. The Morgan fingerprint density at radius 2 is 2.06 bits per heavy atom. The average molecular weight is 480 g/mol. The van der Waals surface area contributed by atoms with Crippen molar-refractivity contribution >= 4 is 5.91 Å². The quantitative estimate of drug-likeness (QED) is 0.394. The van der Waals surface area contributed by atoms with E-state index in [1.807, 2.05) is 59.8 Å². The third-order valence-corrected chi connectivity index (χ3v) is 6.31. The number of aromatic nitrogens is 2. The second-order valence-electron chi connectivity index (χ2n) is 9.15. The smallest absolute Gasteiger partial charge is 0.224 e. The Hall–Kier alpha value is -3.19. The SMILES string of the molecule is Cc1cc(C)n(CCC(=O)N(Cc2cccc(OCCc3ccccc3F)c2)C[C@H]2CCCO2)n1. The van der Waals surface area contributed by atoms with Crippen LogP contribution in [-0.2, 0) is 29.0 Å². The standard InChI is InChI=1S/C28H34FN3O3/c1-21-17-22(2)32(30-21)14-12-28(33)31(20-26-10-6-15-34-26)19-23-7-5-9-25(18-23)35-16-13-24-8-3-4-11-27(24)29/h3-5,7-9,11,17-18,26H,6,10,12-16,19-20H2,1-2H3/t26-/m1/s1. The highest BCUT2D eigenvalue weighted by molar-refractivity contribution is 5.76. The highest BCUT2D eigenvalue weighted by atomic mass is 19.1. The molecule has 4 rings (SSSR count). The highest BCUT2D eigenvalue weighted by Gasteiger charge is 2.23. The van der Waals surface area contributed by atoms with Crippen LogP contribution in [0.25, 0.3) is 0 Å². The number of aryl methyl sites for hydroxylation is 3. The van der Waals surface area contributed by atoms with Crippen molar-refractivity contribution in [2.75, 3.05) is 19.8 Å². The van der Waals surface area contributed by atoms with Gasteiger partial charge in [0.25, 0.3) is 0 Å². The topological polar surface area (TPSA) is 56.6 Å². The number of benzene rings is 2. The van der Waals surface area contributed by atoms with Crippen LogP contribution in [0.2, 0.25) is 0 Å². The summed E-state index contributed by atoms with van der Waals surface area (Å²) in [5, 5.41) is 4.48. The lowest BCUT2D eigenvalue weighted by Crippen LogP contribution is -2.37. The van der Waals surface area contributed by atoms with Gasteiger partial charge in [-0.25, -0.2) is 4.39 Å². The normalized spacial score (nSPS) is 15.3. The number of carbonyl (C=O) groups excluding carboxylic acids is 1. The van der Waals surface area contributed by atoms with Gasteiger partial charge in [0.1, 0.15) is 11.6 Å². The molecule has 1 saturated heterocycles. The van der Waals surface area contributed by atoms with Gasteiger partial charge in [0.15, 0.2) is 0 Å². The van der Waals surface area contributed by atoms with Crippen LogP contribution in [-0.4, -0.2) is 46.5 Å². The van der Waals surface area contributed by atoms with Gasteiger partial charge in [-0.1, -0.05) is 30.3 Å². The van der Waals surface area contributed by atoms with E-state index in [9.17, 15) is 9.18 Å². The molecule has 0 saturated carbocycles. The minimum atomic E-state index is -0.214. The van der Waals surface area contributed by atoms with Gasteiger partial charge in [-0.3, -0.25) is 9.48 Å². The van der Waals surface area contributed by atoms with Crippen molar-refractivity contribution in [3.8, 4) is 5.75 Å². The monoisotopic (exact) mass is 479 g/mol. The Morgan fingerprint density at radius 3 is 2.80 bits per heavy atom. The van der Waals surface area contributed by atoms with Crippen LogP contribution in [0.4, 0.5) is 4.39 Å². The molecular weight excluding hydrogens is 445 g/mol. The molecule has 1 aliphatic rings. The molecule has 6 nitrogen and oxygen atoms in total. The van der Waals surface area contributed by atoms with Crippen LogP contribution in [0.5, 0.6) is 5.75 Å². The lowest BCUT2D eigenvalue weighted by molar-refractivity contribution is -0.133. The predicted molar refractivity (Wildman–Crippen MR) is 133 cm³/mol. The second kappa shape index (κ2) is 12.0. The van der Waals surface area contributed by atoms with Crippen LogP contribution in [0.1, 0.15) is 41.8 Å². The van der Waals surface area contributed by atoms with E-state index in [0.29, 0.717) is 50.4 Å². The van der Waals surface area contributed by atoms with Crippen molar-refractivity contribution < 1.29 is 18.7 Å². The van der Waals surface area contributed by atoms with Crippen LogP contribution >= 0.6 is 0 Å². The Bertz CT molecular complexity index is 1120. The van der Waals surface area contributed by atoms with E-state index in [4.69, 9.17) is 9.47 Å². The Kier molecular flexibility index (Phi) is 8.53. The minimum absolute atomic E-state index is 0.0767. The average Bonchev–Trinajstić information content (AvgIpc) is 3.47.